The molecule has 0 aromatic heterocycles. The minimum absolute atomic E-state index is 0.00356. The molecule has 0 aliphatic carbocycles. The Hall–Kier alpha value is -1.95. The Morgan fingerprint density at radius 1 is 1.33 bits per heavy atom. The van der Waals surface area contributed by atoms with E-state index in [-0.39, 0.29) is 18.2 Å². The van der Waals surface area contributed by atoms with Crippen LogP contribution in [0.5, 0.6) is 0 Å². The van der Waals surface area contributed by atoms with Gasteiger partial charge in [0, 0.05) is 25.3 Å². The van der Waals surface area contributed by atoms with Gasteiger partial charge in [-0.25, -0.2) is 0 Å². The molecule has 21 heavy (non-hydrogen) atoms. The predicted octanol–water partition coefficient (Wildman–Crippen LogP) is 2.37. The van der Waals surface area contributed by atoms with Crippen LogP contribution in [0.2, 0.25) is 0 Å². The van der Waals surface area contributed by atoms with Gasteiger partial charge in [-0.3, -0.25) is 14.9 Å². The van der Waals surface area contributed by atoms with E-state index in [1.807, 2.05) is 0 Å². The smallest absolute Gasteiger partial charge is 0.269 e. The van der Waals surface area contributed by atoms with Crippen LogP contribution in [0.15, 0.2) is 24.3 Å². The molecule has 1 aromatic rings. The number of carbonyl (C=O) groups excluding carboxylic acids is 1. The number of non-ortho nitro benzene ring substituents is 1. The molecule has 0 aliphatic rings. The first-order valence-corrected chi connectivity index (χ1v) is 7.19. The van der Waals surface area contributed by atoms with Crippen molar-refractivity contribution in [2.45, 2.75) is 38.5 Å². The van der Waals surface area contributed by atoms with Crippen LogP contribution in [-0.2, 0) is 4.79 Å². The number of aliphatic hydroxyl groups is 1. The minimum atomic E-state index is -0.463. The third-order valence-corrected chi connectivity index (χ3v) is 3.36. The maximum Gasteiger partial charge on any atom is 0.269 e. The highest BCUT2D eigenvalue weighted by Gasteiger charge is 2.17. The Balaban J connectivity index is 2.43. The first kappa shape index (κ1) is 17.1. The lowest BCUT2D eigenvalue weighted by atomic mass is 10.00. The van der Waals surface area contributed by atoms with Crippen LogP contribution in [0.4, 0.5) is 5.69 Å². The summed E-state index contributed by atoms with van der Waals surface area (Å²) < 4.78 is 0. The number of nitro benzene ring substituents is 1. The fourth-order valence-corrected chi connectivity index (χ4v) is 2.01. The number of hydrogen-bond acceptors (Lipinski definition) is 4. The standard InChI is InChI=1S/C15H22N2O4/c1-12(13-7-6-8-14(11-13)17(20)21)15(19)16-9-4-2-3-5-10-18/h6-8,11-12,18H,2-5,9-10H2,1H3,(H,16,19). The van der Waals surface area contributed by atoms with Gasteiger partial charge >= 0.3 is 0 Å². The molecule has 0 bridgehead atoms. The summed E-state index contributed by atoms with van der Waals surface area (Å²) in [6, 6.07) is 6.16. The molecular weight excluding hydrogens is 272 g/mol. The Morgan fingerprint density at radius 3 is 2.71 bits per heavy atom. The van der Waals surface area contributed by atoms with Crippen molar-refractivity contribution in [1.82, 2.24) is 5.32 Å². The van der Waals surface area contributed by atoms with Crippen LogP contribution in [0.3, 0.4) is 0 Å². The number of amides is 1. The second-order valence-corrected chi connectivity index (χ2v) is 5.00. The molecule has 2 N–H and O–H groups in total. The van der Waals surface area contributed by atoms with Gasteiger partial charge < -0.3 is 10.4 Å². The van der Waals surface area contributed by atoms with E-state index < -0.39 is 10.8 Å². The maximum absolute atomic E-state index is 12.0. The van der Waals surface area contributed by atoms with Crippen molar-refractivity contribution in [3.63, 3.8) is 0 Å². The molecule has 0 saturated carbocycles. The molecule has 0 heterocycles. The minimum Gasteiger partial charge on any atom is -0.396 e. The van der Waals surface area contributed by atoms with E-state index >= 15 is 0 Å². The van der Waals surface area contributed by atoms with Gasteiger partial charge in [0.25, 0.3) is 5.69 Å². The van der Waals surface area contributed by atoms with E-state index in [2.05, 4.69) is 5.32 Å². The van der Waals surface area contributed by atoms with E-state index in [1.165, 1.54) is 12.1 Å². The summed E-state index contributed by atoms with van der Waals surface area (Å²) in [5.74, 6) is -0.542. The molecule has 116 valence electrons. The van der Waals surface area contributed by atoms with Crippen molar-refractivity contribution in [3.05, 3.63) is 39.9 Å². The van der Waals surface area contributed by atoms with Crippen LogP contribution in [0, 0.1) is 10.1 Å². The van der Waals surface area contributed by atoms with Crippen molar-refractivity contribution >= 4 is 11.6 Å². The van der Waals surface area contributed by atoms with Crippen LogP contribution in [-0.4, -0.2) is 29.1 Å². The topological polar surface area (TPSA) is 92.5 Å². The fourth-order valence-electron chi connectivity index (χ4n) is 2.01. The monoisotopic (exact) mass is 294 g/mol. The van der Waals surface area contributed by atoms with Gasteiger partial charge in [-0.2, -0.15) is 0 Å². The summed E-state index contributed by atoms with van der Waals surface area (Å²) in [5, 5.41) is 22.2. The number of nitrogens with zero attached hydrogens (tertiary/aromatic N) is 1. The zero-order valence-corrected chi connectivity index (χ0v) is 12.2. The first-order chi connectivity index (χ1) is 10.1. The third-order valence-electron chi connectivity index (χ3n) is 3.36. The number of carbonyl (C=O) groups is 1. The molecule has 1 rings (SSSR count). The molecule has 6 nitrogen and oxygen atoms in total. The zero-order chi connectivity index (χ0) is 15.7. The number of aliphatic hydroxyl groups excluding tert-OH is 1. The SMILES string of the molecule is CC(C(=O)NCCCCCCO)c1cccc([N+](=O)[O-])c1. The highest BCUT2D eigenvalue weighted by Crippen LogP contribution is 2.20. The molecule has 1 atom stereocenters. The Labute approximate surface area is 124 Å². The fraction of sp³-hybridized carbons (Fsp3) is 0.533. The highest BCUT2D eigenvalue weighted by atomic mass is 16.6. The molecule has 1 aromatic carbocycles. The van der Waals surface area contributed by atoms with Crippen LogP contribution >= 0.6 is 0 Å². The molecule has 1 amide bonds. The number of nitro groups is 1. The average Bonchev–Trinajstić information content (AvgIpc) is 2.49. The van der Waals surface area contributed by atoms with Gasteiger partial charge in [0.05, 0.1) is 10.8 Å². The summed E-state index contributed by atoms with van der Waals surface area (Å²) in [4.78, 5) is 22.3. The highest BCUT2D eigenvalue weighted by molar-refractivity contribution is 5.83. The Kier molecular flexibility index (Phi) is 7.39. The van der Waals surface area contributed by atoms with Crippen molar-refractivity contribution in [1.29, 1.82) is 0 Å². The second kappa shape index (κ2) is 9.07. The molecule has 0 aliphatic heterocycles. The average molecular weight is 294 g/mol. The van der Waals surface area contributed by atoms with E-state index in [4.69, 9.17) is 5.11 Å². The van der Waals surface area contributed by atoms with Gasteiger partial charge in [0.15, 0.2) is 0 Å². The Morgan fingerprint density at radius 2 is 2.05 bits per heavy atom. The summed E-state index contributed by atoms with van der Waals surface area (Å²) in [5.41, 5.74) is 0.637. The van der Waals surface area contributed by atoms with Gasteiger partial charge in [-0.1, -0.05) is 25.0 Å². The summed E-state index contributed by atoms with van der Waals surface area (Å²) in [6.45, 7) is 2.53. The van der Waals surface area contributed by atoms with E-state index in [9.17, 15) is 14.9 Å². The lowest BCUT2D eigenvalue weighted by Gasteiger charge is -2.12. The van der Waals surface area contributed by atoms with Gasteiger partial charge in [0.2, 0.25) is 5.91 Å². The van der Waals surface area contributed by atoms with E-state index in [1.54, 1.807) is 19.1 Å². The number of nitrogens with one attached hydrogen (secondary N) is 1. The molecular formula is C15H22N2O4. The lowest BCUT2D eigenvalue weighted by molar-refractivity contribution is -0.384. The summed E-state index contributed by atoms with van der Waals surface area (Å²) in [7, 11) is 0. The Bertz CT molecular complexity index is 476. The normalized spacial score (nSPS) is 11.9. The number of unbranched alkanes of at least 4 members (excludes halogenated alkanes) is 3. The van der Waals surface area contributed by atoms with Crippen LogP contribution in [0.25, 0.3) is 0 Å². The molecule has 0 radical (unpaired) electrons. The van der Waals surface area contributed by atoms with Crippen molar-refractivity contribution < 1.29 is 14.8 Å². The molecule has 0 spiro atoms. The second-order valence-electron chi connectivity index (χ2n) is 5.00. The number of hydrogen-bond donors (Lipinski definition) is 2. The molecule has 6 heteroatoms. The first-order valence-electron chi connectivity index (χ1n) is 7.19. The molecule has 0 saturated heterocycles. The maximum atomic E-state index is 12.0. The summed E-state index contributed by atoms with van der Waals surface area (Å²) in [6.07, 6.45) is 3.57. The van der Waals surface area contributed by atoms with E-state index in [0.29, 0.717) is 12.1 Å². The number of benzene rings is 1. The van der Waals surface area contributed by atoms with Gasteiger partial charge in [-0.15, -0.1) is 0 Å². The zero-order valence-electron chi connectivity index (χ0n) is 12.2. The number of rotatable bonds is 9. The van der Waals surface area contributed by atoms with Crippen molar-refractivity contribution in [3.8, 4) is 0 Å². The molecule has 0 fully saturated rings. The largest absolute Gasteiger partial charge is 0.396 e. The van der Waals surface area contributed by atoms with Gasteiger partial charge in [0.1, 0.15) is 0 Å². The van der Waals surface area contributed by atoms with Crippen molar-refractivity contribution in [2.24, 2.45) is 0 Å². The van der Waals surface area contributed by atoms with Gasteiger partial charge in [-0.05, 0) is 25.3 Å². The van der Waals surface area contributed by atoms with E-state index in [0.717, 1.165) is 25.7 Å². The molecule has 1 unspecified atom stereocenters. The van der Waals surface area contributed by atoms with Crippen LogP contribution < -0.4 is 5.32 Å². The summed E-state index contributed by atoms with van der Waals surface area (Å²) >= 11 is 0. The predicted molar refractivity (Wildman–Crippen MR) is 80.1 cm³/mol. The lowest BCUT2D eigenvalue weighted by Crippen LogP contribution is -2.28. The third kappa shape index (κ3) is 5.91. The van der Waals surface area contributed by atoms with Crippen LogP contribution in [0.1, 0.15) is 44.1 Å². The van der Waals surface area contributed by atoms with Crippen molar-refractivity contribution in [2.75, 3.05) is 13.2 Å². The quantitative estimate of drug-likeness (QED) is 0.415.